The van der Waals surface area contributed by atoms with Gasteiger partial charge in [0.1, 0.15) is 0 Å². The fourth-order valence-electron chi connectivity index (χ4n) is 3.35. The summed E-state index contributed by atoms with van der Waals surface area (Å²) in [5.74, 6) is -0.651. The summed E-state index contributed by atoms with van der Waals surface area (Å²) in [6.07, 6.45) is 26.1. The van der Waals surface area contributed by atoms with Gasteiger partial charge in [0.15, 0.2) is 0 Å². The predicted octanol–water partition coefficient (Wildman–Crippen LogP) is 7.89. The first-order valence-corrected chi connectivity index (χ1v) is 11.0. The van der Waals surface area contributed by atoms with Crippen LogP contribution in [0.3, 0.4) is 0 Å². The molecule has 0 saturated carbocycles. The summed E-state index contributed by atoms with van der Waals surface area (Å²) >= 11 is 0. The molecule has 0 aliphatic carbocycles. The fraction of sp³-hybridized carbons (Fsp3) is 0.955. The van der Waals surface area contributed by atoms with Crippen LogP contribution in [0.25, 0.3) is 0 Å². The molecular weight excluding hydrogens is 392 g/mol. The molecule has 0 radical (unpaired) electrons. The van der Waals surface area contributed by atoms with Crippen molar-refractivity contribution in [2.24, 2.45) is 0 Å². The van der Waals surface area contributed by atoms with Crippen LogP contribution in [0.4, 0.5) is 0 Å². The van der Waals surface area contributed by atoms with Crippen molar-refractivity contribution in [2.45, 2.75) is 135 Å². The molecule has 0 aromatic rings. The quantitative estimate of drug-likeness (QED) is 0.156. The van der Waals surface area contributed by atoms with Crippen molar-refractivity contribution in [1.29, 1.82) is 0 Å². The zero-order chi connectivity index (χ0) is 17.7. The van der Waals surface area contributed by atoms with E-state index in [-0.39, 0.29) is 21.1 Å². The number of carbonyl (C=O) groups is 1. The SMILES string of the molecule is CCCCCCCCCCCCCCCCCCCCCC(=O)O.[Mo]. The Morgan fingerprint density at radius 2 is 0.760 bits per heavy atom. The van der Waals surface area contributed by atoms with E-state index in [2.05, 4.69) is 6.92 Å². The van der Waals surface area contributed by atoms with E-state index in [1.165, 1.54) is 109 Å². The van der Waals surface area contributed by atoms with E-state index in [9.17, 15) is 4.79 Å². The molecule has 0 rings (SSSR count). The maximum Gasteiger partial charge on any atom is 0.303 e. The predicted molar refractivity (Wildman–Crippen MR) is 106 cm³/mol. The Morgan fingerprint density at radius 3 is 1.00 bits per heavy atom. The second kappa shape index (κ2) is 24.2. The zero-order valence-electron chi connectivity index (χ0n) is 16.9. The van der Waals surface area contributed by atoms with Crippen LogP contribution in [0.5, 0.6) is 0 Å². The van der Waals surface area contributed by atoms with Crippen LogP contribution in [0, 0.1) is 0 Å². The topological polar surface area (TPSA) is 37.3 Å². The van der Waals surface area contributed by atoms with Crippen molar-refractivity contribution >= 4 is 5.97 Å². The van der Waals surface area contributed by atoms with E-state index < -0.39 is 5.97 Å². The van der Waals surface area contributed by atoms with Crippen LogP contribution < -0.4 is 0 Å². The summed E-state index contributed by atoms with van der Waals surface area (Å²) in [4.78, 5) is 10.4. The number of carboxylic acid groups (broad SMARTS) is 1. The molecular formula is C22H44MoO2. The van der Waals surface area contributed by atoms with Gasteiger partial charge < -0.3 is 5.11 Å². The first-order valence-electron chi connectivity index (χ1n) is 11.0. The molecule has 0 spiro atoms. The Hall–Kier alpha value is 0.158. The van der Waals surface area contributed by atoms with Gasteiger partial charge in [0, 0.05) is 27.5 Å². The van der Waals surface area contributed by atoms with Gasteiger partial charge in [-0.05, 0) is 6.42 Å². The van der Waals surface area contributed by atoms with Gasteiger partial charge in [-0.2, -0.15) is 0 Å². The van der Waals surface area contributed by atoms with Gasteiger partial charge in [0.2, 0.25) is 0 Å². The first kappa shape index (κ1) is 27.4. The Bertz CT molecular complexity index is 256. The van der Waals surface area contributed by atoms with Crippen molar-refractivity contribution in [3.63, 3.8) is 0 Å². The molecule has 0 bridgehead atoms. The molecule has 1 N–H and O–H groups in total. The summed E-state index contributed by atoms with van der Waals surface area (Å²) in [6.45, 7) is 2.28. The summed E-state index contributed by atoms with van der Waals surface area (Å²) in [6, 6.07) is 0. The zero-order valence-corrected chi connectivity index (χ0v) is 18.9. The van der Waals surface area contributed by atoms with E-state index in [1.807, 2.05) is 0 Å². The molecule has 150 valence electrons. The van der Waals surface area contributed by atoms with E-state index in [4.69, 9.17) is 5.11 Å². The molecule has 0 unspecified atom stereocenters. The Kier molecular flexibility index (Phi) is 26.5. The fourth-order valence-corrected chi connectivity index (χ4v) is 3.35. The molecule has 0 aromatic carbocycles. The maximum atomic E-state index is 10.4. The molecule has 0 atom stereocenters. The second-order valence-corrected chi connectivity index (χ2v) is 7.51. The number of hydrogen-bond acceptors (Lipinski definition) is 1. The number of aliphatic carboxylic acids is 1. The second-order valence-electron chi connectivity index (χ2n) is 7.51. The van der Waals surface area contributed by atoms with Gasteiger partial charge in [-0.15, -0.1) is 0 Å². The molecule has 0 aliphatic rings. The van der Waals surface area contributed by atoms with Gasteiger partial charge in [0.05, 0.1) is 0 Å². The molecule has 2 nitrogen and oxygen atoms in total. The van der Waals surface area contributed by atoms with E-state index in [1.54, 1.807) is 0 Å². The minimum Gasteiger partial charge on any atom is -0.481 e. The summed E-state index contributed by atoms with van der Waals surface area (Å²) in [5.41, 5.74) is 0. The smallest absolute Gasteiger partial charge is 0.303 e. The van der Waals surface area contributed by atoms with Crippen LogP contribution in [0.15, 0.2) is 0 Å². The third-order valence-electron chi connectivity index (χ3n) is 4.99. The Labute approximate surface area is 172 Å². The Morgan fingerprint density at radius 1 is 0.520 bits per heavy atom. The first-order chi connectivity index (χ1) is 11.8. The van der Waals surface area contributed by atoms with Crippen LogP contribution in [0.2, 0.25) is 0 Å². The summed E-state index contributed by atoms with van der Waals surface area (Å²) in [5, 5.41) is 8.56. The number of rotatable bonds is 20. The molecule has 0 saturated heterocycles. The minimum atomic E-state index is -0.651. The number of unbranched alkanes of at least 4 members (excludes halogenated alkanes) is 18. The van der Waals surface area contributed by atoms with E-state index >= 15 is 0 Å². The minimum absolute atomic E-state index is 0. The largest absolute Gasteiger partial charge is 0.481 e. The molecule has 0 aliphatic heterocycles. The molecule has 0 fully saturated rings. The van der Waals surface area contributed by atoms with Crippen LogP contribution in [-0.4, -0.2) is 11.1 Å². The molecule has 0 amide bonds. The molecule has 25 heavy (non-hydrogen) atoms. The van der Waals surface area contributed by atoms with E-state index in [0.29, 0.717) is 6.42 Å². The molecule has 3 heteroatoms. The average molecular weight is 437 g/mol. The summed E-state index contributed by atoms with van der Waals surface area (Å²) in [7, 11) is 0. The monoisotopic (exact) mass is 438 g/mol. The van der Waals surface area contributed by atoms with Gasteiger partial charge in [-0.3, -0.25) is 4.79 Å². The van der Waals surface area contributed by atoms with Crippen molar-refractivity contribution < 1.29 is 31.0 Å². The number of hydrogen-bond donors (Lipinski definition) is 1. The van der Waals surface area contributed by atoms with E-state index in [0.717, 1.165) is 12.8 Å². The molecule has 0 aromatic heterocycles. The van der Waals surface area contributed by atoms with Crippen molar-refractivity contribution in [2.75, 3.05) is 0 Å². The van der Waals surface area contributed by atoms with Gasteiger partial charge >= 0.3 is 5.97 Å². The van der Waals surface area contributed by atoms with Crippen LogP contribution in [-0.2, 0) is 25.9 Å². The van der Waals surface area contributed by atoms with Crippen molar-refractivity contribution in [1.82, 2.24) is 0 Å². The van der Waals surface area contributed by atoms with Crippen molar-refractivity contribution in [3.8, 4) is 0 Å². The normalized spacial score (nSPS) is 10.6. The van der Waals surface area contributed by atoms with Crippen molar-refractivity contribution in [3.05, 3.63) is 0 Å². The maximum absolute atomic E-state index is 10.4. The van der Waals surface area contributed by atoms with Crippen LogP contribution >= 0.6 is 0 Å². The third kappa shape index (κ3) is 26.5. The van der Waals surface area contributed by atoms with Crippen LogP contribution in [0.1, 0.15) is 135 Å². The standard InChI is InChI=1S/C22H44O2.Mo/c1-2-3-4-5-6-7-8-9-10-11-12-13-14-15-16-17-18-19-20-21-22(23)24;/h2-21H2,1H3,(H,23,24);. The third-order valence-corrected chi connectivity index (χ3v) is 4.99. The van der Waals surface area contributed by atoms with Gasteiger partial charge in [-0.25, -0.2) is 0 Å². The Balaban J connectivity index is 0. The average Bonchev–Trinajstić information content (AvgIpc) is 2.56. The summed E-state index contributed by atoms with van der Waals surface area (Å²) < 4.78 is 0. The number of carboxylic acids is 1. The van der Waals surface area contributed by atoms with Gasteiger partial charge in [-0.1, -0.05) is 122 Å². The molecule has 0 heterocycles. The van der Waals surface area contributed by atoms with Gasteiger partial charge in [0.25, 0.3) is 0 Å².